The van der Waals surface area contributed by atoms with Crippen LogP contribution in [0.1, 0.15) is 48.8 Å². The molecule has 1 aliphatic carbocycles. The molecule has 0 aromatic heterocycles. The molecule has 2 aliphatic rings. The molecule has 0 saturated carbocycles. The third-order valence-corrected chi connectivity index (χ3v) is 5.30. The molecule has 1 saturated heterocycles. The molecule has 1 aliphatic heterocycles. The number of likely N-dealkylation sites (tertiary alicyclic amines) is 1. The van der Waals surface area contributed by atoms with E-state index >= 15 is 0 Å². The van der Waals surface area contributed by atoms with Crippen LogP contribution in [0.2, 0.25) is 0 Å². The monoisotopic (exact) mass is 302 g/mol. The van der Waals surface area contributed by atoms with Crippen LogP contribution in [-0.2, 0) is 13.0 Å². The van der Waals surface area contributed by atoms with Crippen molar-refractivity contribution in [3.63, 3.8) is 0 Å². The number of hydrogen-bond acceptors (Lipinski definition) is 2. The number of carbonyl (C=O) groups is 1. The van der Waals surface area contributed by atoms with Crippen molar-refractivity contribution >= 4 is 6.09 Å². The molecule has 120 valence electrons. The Labute approximate surface area is 132 Å². The molecule has 2 atom stereocenters. The van der Waals surface area contributed by atoms with Crippen LogP contribution < -0.4 is 0 Å². The first-order valence-electron chi connectivity index (χ1n) is 8.40. The van der Waals surface area contributed by atoms with Gasteiger partial charge >= 0.3 is 6.09 Å². The lowest BCUT2D eigenvalue weighted by atomic mass is 9.77. The van der Waals surface area contributed by atoms with E-state index in [9.17, 15) is 4.79 Å². The fraction of sp³-hybridized carbons (Fsp3) is 0.611. The Bertz CT molecular complexity index is 558. The predicted octanol–water partition coefficient (Wildman–Crippen LogP) is 3.31. The summed E-state index contributed by atoms with van der Waals surface area (Å²) < 4.78 is 0. The van der Waals surface area contributed by atoms with Crippen LogP contribution in [0.5, 0.6) is 0 Å². The Morgan fingerprint density at radius 3 is 2.95 bits per heavy atom. The number of amides is 1. The Morgan fingerprint density at radius 1 is 1.41 bits per heavy atom. The summed E-state index contributed by atoms with van der Waals surface area (Å²) in [5.41, 5.74) is 4.08. The van der Waals surface area contributed by atoms with Crippen molar-refractivity contribution in [1.82, 2.24) is 9.80 Å². The van der Waals surface area contributed by atoms with Crippen molar-refractivity contribution < 1.29 is 9.90 Å². The molecule has 1 fully saturated rings. The number of carboxylic acid groups (broad SMARTS) is 1. The summed E-state index contributed by atoms with van der Waals surface area (Å²) in [5.74, 6) is 0.644. The van der Waals surface area contributed by atoms with Gasteiger partial charge in [-0.1, -0.05) is 25.1 Å². The van der Waals surface area contributed by atoms with Gasteiger partial charge in [-0.15, -0.1) is 0 Å². The lowest BCUT2D eigenvalue weighted by Crippen LogP contribution is -2.36. The fourth-order valence-corrected chi connectivity index (χ4v) is 4.30. The van der Waals surface area contributed by atoms with Gasteiger partial charge in [0, 0.05) is 25.6 Å². The highest BCUT2D eigenvalue weighted by Gasteiger charge is 2.38. The van der Waals surface area contributed by atoms with Crippen molar-refractivity contribution in [1.29, 1.82) is 0 Å². The summed E-state index contributed by atoms with van der Waals surface area (Å²) >= 11 is 0. The molecular weight excluding hydrogens is 276 g/mol. The SMILES string of the molecule is CCCN1CC[C@@H]2c3cccc(CN(C)C(=O)O)c3CC[C@@H]21. The van der Waals surface area contributed by atoms with Crippen LogP contribution in [0.3, 0.4) is 0 Å². The van der Waals surface area contributed by atoms with Gasteiger partial charge in [-0.25, -0.2) is 4.79 Å². The summed E-state index contributed by atoms with van der Waals surface area (Å²) in [6, 6.07) is 7.16. The second-order valence-corrected chi connectivity index (χ2v) is 6.66. The van der Waals surface area contributed by atoms with Crippen LogP contribution in [0.15, 0.2) is 18.2 Å². The van der Waals surface area contributed by atoms with Gasteiger partial charge < -0.3 is 10.0 Å². The maximum absolute atomic E-state index is 11.1. The van der Waals surface area contributed by atoms with Crippen LogP contribution >= 0.6 is 0 Å². The lowest BCUT2D eigenvalue weighted by molar-refractivity contribution is 0.153. The summed E-state index contributed by atoms with van der Waals surface area (Å²) in [7, 11) is 1.64. The molecule has 0 spiro atoms. The standard InChI is InChI=1S/C18H26N2O2/c1-3-10-20-11-9-16-15-6-4-5-13(12-19(2)18(21)22)14(15)7-8-17(16)20/h4-6,16-17H,3,7-12H2,1-2H3,(H,21,22)/t16-,17+/m1/s1. The topological polar surface area (TPSA) is 43.8 Å². The van der Waals surface area contributed by atoms with E-state index in [1.165, 1.54) is 53.9 Å². The molecule has 0 bridgehead atoms. The Kier molecular flexibility index (Phi) is 4.39. The molecule has 0 unspecified atom stereocenters. The van der Waals surface area contributed by atoms with E-state index in [0.29, 0.717) is 18.5 Å². The number of hydrogen-bond donors (Lipinski definition) is 1. The fourth-order valence-electron chi connectivity index (χ4n) is 4.30. The largest absolute Gasteiger partial charge is 0.465 e. The Balaban J connectivity index is 1.85. The highest BCUT2D eigenvalue weighted by atomic mass is 16.4. The molecule has 1 amide bonds. The van der Waals surface area contributed by atoms with E-state index in [4.69, 9.17) is 5.11 Å². The molecule has 1 heterocycles. The molecule has 0 radical (unpaired) electrons. The predicted molar refractivity (Wildman–Crippen MR) is 87.3 cm³/mol. The van der Waals surface area contributed by atoms with Gasteiger partial charge in [-0.05, 0) is 55.5 Å². The van der Waals surface area contributed by atoms with Crippen molar-refractivity contribution in [2.45, 2.75) is 51.1 Å². The summed E-state index contributed by atoms with van der Waals surface area (Å²) in [6.07, 6.45) is 3.91. The molecule has 1 aromatic carbocycles. The molecule has 4 heteroatoms. The van der Waals surface area contributed by atoms with Crippen molar-refractivity contribution in [3.8, 4) is 0 Å². The first-order valence-corrected chi connectivity index (χ1v) is 8.40. The Hall–Kier alpha value is -1.55. The van der Waals surface area contributed by atoms with E-state index in [2.05, 4.69) is 30.0 Å². The van der Waals surface area contributed by atoms with Crippen molar-refractivity contribution in [2.24, 2.45) is 0 Å². The quantitative estimate of drug-likeness (QED) is 0.928. The first-order chi connectivity index (χ1) is 10.6. The zero-order valence-electron chi connectivity index (χ0n) is 13.6. The van der Waals surface area contributed by atoms with E-state index in [1.807, 2.05) is 0 Å². The minimum atomic E-state index is -0.860. The smallest absolute Gasteiger partial charge is 0.407 e. The molecule has 1 aromatic rings. The number of nitrogens with zero attached hydrogens (tertiary/aromatic N) is 2. The summed E-state index contributed by atoms with van der Waals surface area (Å²) in [6.45, 7) is 5.17. The third-order valence-electron chi connectivity index (χ3n) is 5.30. The minimum Gasteiger partial charge on any atom is -0.465 e. The van der Waals surface area contributed by atoms with E-state index in [-0.39, 0.29) is 0 Å². The van der Waals surface area contributed by atoms with E-state index in [0.717, 1.165) is 6.42 Å². The highest BCUT2D eigenvalue weighted by Crippen LogP contribution is 2.42. The molecule has 22 heavy (non-hydrogen) atoms. The maximum Gasteiger partial charge on any atom is 0.407 e. The second kappa shape index (κ2) is 6.29. The van der Waals surface area contributed by atoms with Gasteiger partial charge in [0.25, 0.3) is 0 Å². The van der Waals surface area contributed by atoms with E-state index in [1.54, 1.807) is 7.05 Å². The average molecular weight is 302 g/mol. The van der Waals surface area contributed by atoms with Crippen molar-refractivity contribution in [3.05, 3.63) is 34.9 Å². The van der Waals surface area contributed by atoms with Crippen LogP contribution in [0, 0.1) is 0 Å². The van der Waals surface area contributed by atoms with E-state index < -0.39 is 6.09 Å². The molecule has 4 nitrogen and oxygen atoms in total. The summed E-state index contributed by atoms with van der Waals surface area (Å²) in [4.78, 5) is 15.1. The Morgan fingerprint density at radius 2 is 2.23 bits per heavy atom. The van der Waals surface area contributed by atoms with Gasteiger partial charge in [0.05, 0.1) is 0 Å². The molecular formula is C18H26N2O2. The minimum absolute atomic E-state index is 0.495. The normalized spacial score (nSPS) is 23.9. The third kappa shape index (κ3) is 2.72. The zero-order valence-corrected chi connectivity index (χ0v) is 13.6. The van der Waals surface area contributed by atoms with Gasteiger partial charge in [0.1, 0.15) is 0 Å². The molecule has 1 N–H and O–H groups in total. The first kappa shape index (κ1) is 15.3. The number of benzene rings is 1. The number of rotatable bonds is 4. The van der Waals surface area contributed by atoms with Crippen LogP contribution in [0.4, 0.5) is 4.79 Å². The second-order valence-electron chi connectivity index (χ2n) is 6.66. The lowest BCUT2D eigenvalue weighted by Gasteiger charge is -2.34. The zero-order chi connectivity index (χ0) is 15.7. The van der Waals surface area contributed by atoms with Gasteiger partial charge in [-0.3, -0.25) is 4.90 Å². The van der Waals surface area contributed by atoms with Gasteiger partial charge in [-0.2, -0.15) is 0 Å². The van der Waals surface area contributed by atoms with Gasteiger partial charge in [0.15, 0.2) is 0 Å². The van der Waals surface area contributed by atoms with Gasteiger partial charge in [0.2, 0.25) is 0 Å². The van der Waals surface area contributed by atoms with Crippen LogP contribution in [0.25, 0.3) is 0 Å². The van der Waals surface area contributed by atoms with Crippen molar-refractivity contribution in [2.75, 3.05) is 20.1 Å². The number of fused-ring (bicyclic) bond motifs is 3. The maximum atomic E-state index is 11.1. The summed E-state index contributed by atoms with van der Waals surface area (Å²) in [5, 5.41) is 9.11. The average Bonchev–Trinajstić information content (AvgIpc) is 2.91. The highest BCUT2D eigenvalue weighted by molar-refractivity contribution is 5.64. The van der Waals surface area contributed by atoms with Crippen LogP contribution in [-0.4, -0.2) is 47.2 Å². The molecule has 3 rings (SSSR count).